The van der Waals surface area contributed by atoms with Crippen molar-refractivity contribution in [3.8, 4) is 0 Å². The third kappa shape index (κ3) is 4.29. The van der Waals surface area contributed by atoms with Gasteiger partial charge in [0.25, 0.3) is 0 Å². The molecule has 0 fully saturated rings. The molecule has 20 heavy (non-hydrogen) atoms. The van der Waals surface area contributed by atoms with E-state index in [2.05, 4.69) is 26.1 Å². The van der Waals surface area contributed by atoms with Gasteiger partial charge >= 0.3 is 0 Å². The zero-order chi connectivity index (χ0) is 14.4. The maximum Gasteiger partial charge on any atom is 0.191 e. The van der Waals surface area contributed by atoms with Gasteiger partial charge in [-0.05, 0) is 30.2 Å². The Morgan fingerprint density at radius 1 is 1.45 bits per heavy atom. The number of aryl methyl sites for hydroxylation is 1. The molecule has 0 unspecified atom stereocenters. The van der Waals surface area contributed by atoms with Crippen LogP contribution in [-0.2, 0) is 17.0 Å². The highest BCUT2D eigenvalue weighted by Gasteiger charge is 2.08. The number of hydrogen-bond acceptors (Lipinski definition) is 4. The molecule has 0 bridgehead atoms. The van der Waals surface area contributed by atoms with Crippen molar-refractivity contribution in [3.63, 3.8) is 0 Å². The fourth-order valence-corrected chi connectivity index (χ4v) is 3.01. The van der Waals surface area contributed by atoms with Crippen molar-refractivity contribution in [3.05, 3.63) is 40.4 Å². The minimum absolute atomic E-state index is 0.203. The van der Waals surface area contributed by atoms with Crippen molar-refractivity contribution in [1.29, 1.82) is 0 Å². The van der Waals surface area contributed by atoms with Crippen LogP contribution in [0.1, 0.15) is 12.0 Å². The van der Waals surface area contributed by atoms with Crippen LogP contribution in [0.3, 0.4) is 0 Å². The van der Waals surface area contributed by atoms with Crippen LogP contribution in [0.4, 0.5) is 4.39 Å². The van der Waals surface area contributed by atoms with Crippen LogP contribution in [0.15, 0.2) is 34.2 Å². The minimum Gasteiger partial charge on any atom is -0.385 e. The lowest BCUT2D eigenvalue weighted by molar-refractivity contribution is 0.189. The second-order valence-electron chi connectivity index (χ2n) is 4.18. The highest BCUT2D eigenvalue weighted by Crippen LogP contribution is 2.24. The number of ether oxygens (including phenoxy) is 1. The van der Waals surface area contributed by atoms with Crippen molar-refractivity contribution in [2.45, 2.75) is 23.9 Å². The molecule has 4 nitrogen and oxygen atoms in total. The first-order chi connectivity index (χ1) is 9.70. The van der Waals surface area contributed by atoms with E-state index in [1.54, 1.807) is 25.6 Å². The van der Waals surface area contributed by atoms with E-state index in [4.69, 9.17) is 4.74 Å². The number of benzene rings is 1. The van der Waals surface area contributed by atoms with E-state index in [9.17, 15) is 4.39 Å². The van der Waals surface area contributed by atoms with E-state index in [1.807, 2.05) is 4.57 Å². The standard InChI is InChI=1S/C13H15BrFN3OS/c1-19-6-2-5-18-9-16-17-13(18)20-8-10-7-11(14)3-4-12(10)15/h3-4,7,9H,2,5-6,8H2,1H3. The van der Waals surface area contributed by atoms with Gasteiger partial charge in [0, 0.05) is 30.5 Å². The minimum atomic E-state index is -0.203. The molecule has 2 aromatic rings. The molecule has 0 atom stereocenters. The van der Waals surface area contributed by atoms with Gasteiger partial charge in [-0.25, -0.2) is 4.39 Å². The molecule has 0 spiro atoms. The molecule has 1 heterocycles. The van der Waals surface area contributed by atoms with Crippen molar-refractivity contribution in [2.24, 2.45) is 0 Å². The fourth-order valence-electron chi connectivity index (χ4n) is 1.68. The average molecular weight is 360 g/mol. The van der Waals surface area contributed by atoms with Crippen LogP contribution in [0, 0.1) is 5.82 Å². The molecule has 108 valence electrons. The number of aromatic nitrogens is 3. The van der Waals surface area contributed by atoms with Gasteiger partial charge in [0.1, 0.15) is 12.1 Å². The molecule has 7 heteroatoms. The average Bonchev–Trinajstić information content (AvgIpc) is 2.88. The largest absolute Gasteiger partial charge is 0.385 e. The Balaban J connectivity index is 1.97. The monoisotopic (exact) mass is 359 g/mol. The lowest BCUT2D eigenvalue weighted by atomic mass is 10.2. The Bertz CT molecular complexity index is 564. The zero-order valence-corrected chi connectivity index (χ0v) is 13.5. The van der Waals surface area contributed by atoms with E-state index < -0.39 is 0 Å². The van der Waals surface area contributed by atoms with Gasteiger partial charge in [0.2, 0.25) is 0 Å². The molecular weight excluding hydrogens is 345 g/mol. The quantitative estimate of drug-likeness (QED) is 0.560. The summed E-state index contributed by atoms with van der Waals surface area (Å²) in [6.07, 6.45) is 2.59. The SMILES string of the molecule is COCCCn1cnnc1SCc1cc(Br)ccc1F. The first kappa shape index (κ1) is 15.5. The smallest absolute Gasteiger partial charge is 0.191 e. The molecular formula is C13H15BrFN3OS. The Labute approximate surface area is 129 Å². The molecule has 2 rings (SSSR count). The molecule has 1 aromatic heterocycles. The van der Waals surface area contributed by atoms with Crippen molar-refractivity contribution >= 4 is 27.7 Å². The van der Waals surface area contributed by atoms with E-state index >= 15 is 0 Å². The Morgan fingerprint density at radius 2 is 2.30 bits per heavy atom. The van der Waals surface area contributed by atoms with E-state index in [0.717, 1.165) is 22.6 Å². The van der Waals surface area contributed by atoms with Crippen LogP contribution in [0.2, 0.25) is 0 Å². The maximum absolute atomic E-state index is 13.7. The number of rotatable bonds is 7. The van der Waals surface area contributed by atoms with Crippen LogP contribution in [0.5, 0.6) is 0 Å². The molecule has 0 saturated carbocycles. The summed E-state index contributed by atoms with van der Waals surface area (Å²) in [5.41, 5.74) is 0.649. The van der Waals surface area contributed by atoms with E-state index in [1.165, 1.54) is 17.8 Å². The first-order valence-corrected chi connectivity index (χ1v) is 7.92. The summed E-state index contributed by atoms with van der Waals surface area (Å²) < 4.78 is 21.5. The maximum atomic E-state index is 13.7. The highest BCUT2D eigenvalue weighted by molar-refractivity contribution is 9.10. The summed E-state index contributed by atoms with van der Waals surface area (Å²) >= 11 is 4.82. The molecule has 0 N–H and O–H groups in total. The third-order valence-electron chi connectivity index (χ3n) is 2.69. The lowest BCUT2D eigenvalue weighted by Crippen LogP contribution is -2.02. The summed E-state index contributed by atoms with van der Waals surface area (Å²) in [4.78, 5) is 0. The van der Waals surface area contributed by atoms with Crippen LogP contribution in [0.25, 0.3) is 0 Å². The van der Waals surface area contributed by atoms with Gasteiger partial charge < -0.3 is 9.30 Å². The predicted octanol–water partition coefficient (Wildman–Crippen LogP) is 3.51. The molecule has 1 aromatic carbocycles. The second kappa shape index (κ2) is 7.75. The number of nitrogens with zero attached hydrogens (tertiary/aromatic N) is 3. The number of halogens is 2. The highest BCUT2D eigenvalue weighted by atomic mass is 79.9. The van der Waals surface area contributed by atoms with Gasteiger partial charge in [-0.1, -0.05) is 27.7 Å². The molecule has 0 aliphatic rings. The second-order valence-corrected chi connectivity index (χ2v) is 6.04. The van der Waals surface area contributed by atoms with E-state index in [0.29, 0.717) is 17.9 Å². The molecule has 0 amide bonds. The third-order valence-corrected chi connectivity index (χ3v) is 4.21. The molecule has 0 aliphatic heterocycles. The summed E-state index contributed by atoms with van der Waals surface area (Å²) in [7, 11) is 1.68. The van der Waals surface area contributed by atoms with E-state index in [-0.39, 0.29) is 5.82 Å². The van der Waals surface area contributed by atoms with Crippen LogP contribution in [-0.4, -0.2) is 28.5 Å². The zero-order valence-electron chi connectivity index (χ0n) is 11.1. The van der Waals surface area contributed by atoms with Gasteiger partial charge in [0.15, 0.2) is 5.16 Å². The summed E-state index contributed by atoms with van der Waals surface area (Å²) in [6.45, 7) is 1.49. The first-order valence-electron chi connectivity index (χ1n) is 6.14. The normalized spacial score (nSPS) is 10.9. The van der Waals surface area contributed by atoms with Crippen LogP contribution < -0.4 is 0 Å². The van der Waals surface area contributed by atoms with Gasteiger partial charge in [0.05, 0.1) is 0 Å². The summed E-state index contributed by atoms with van der Waals surface area (Å²) in [5.74, 6) is 0.319. The molecule has 0 saturated heterocycles. The fraction of sp³-hybridized carbons (Fsp3) is 0.385. The molecule has 0 radical (unpaired) electrons. The van der Waals surface area contributed by atoms with Crippen LogP contribution >= 0.6 is 27.7 Å². The predicted molar refractivity (Wildman–Crippen MR) is 80.2 cm³/mol. The Hall–Kier alpha value is -0.920. The lowest BCUT2D eigenvalue weighted by Gasteiger charge is -2.06. The number of thioether (sulfide) groups is 1. The van der Waals surface area contributed by atoms with Crippen molar-refractivity contribution in [2.75, 3.05) is 13.7 Å². The number of hydrogen-bond donors (Lipinski definition) is 0. The Morgan fingerprint density at radius 3 is 3.10 bits per heavy atom. The van der Waals surface area contributed by atoms with Gasteiger partial charge in [-0.15, -0.1) is 10.2 Å². The number of methoxy groups -OCH3 is 1. The van der Waals surface area contributed by atoms with Gasteiger partial charge in [-0.2, -0.15) is 0 Å². The van der Waals surface area contributed by atoms with Crippen molar-refractivity contribution < 1.29 is 9.13 Å². The van der Waals surface area contributed by atoms with Crippen molar-refractivity contribution in [1.82, 2.24) is 14.8 Å². The topological polar surface area (TPSA) is 39.9 Å². The molecule has 0 aliphatic carbocycles. The van der Waals surface area contributed by atoms with Gasteiger partial charge in [-0.3, -0.25) is 0 Å². The Kier molecular flexibility index (Phi) is 6.00. The summed E-state index contributed by atoms with van der Waals surface area (Å²) in [5, 5.41) is 8.76. The summed E-state index contributed by atoms with van der Waals surface area (Å²) in [6, 6.07) is 4.94.